The van der Waals surface area contributed by atoms with E-state index in [1.807, 2.05) is 13.0 Å². The van der Waals surface area contributed by atoms with Gasteiger partial charge in [-0.1, -0.05) is 23.2 Å². The molecule has 10 heteroatoms. The number of nitrogens with one attached hydrogen (secondary N) is 1. The summed E-state index contributed by atoms with van der Waals surface area (Å²) < 4.78 is 18.5. The van der Waals surface area contributed by atoms with Gasteiger partial charge in [0.05, 0.1) is 21.1 Å². The van der Waals surface area contributed by atoms with Crippen molar-refractivity contribution in [1.82, 2.24) is 0 Å². The molecule has 1 aliphatic heterocycles. The molecule has 0 saturated heterocycles. The monoisotopic (exact) mass is 633 g/mol. The average Bonchev–Trinajstić information content (AvgIpc) is 2.89. The SMILES string of the molecule is CCOc1cc(C2C3=C(CCCC3=O)OC3=C2C(=O)CCC3)cc(Br)c1OCC(=O)Nc1ccc(Cl)c(Cl)c1. The second-order valence-corrected chi connectivity index (χ2v) is 11.2. The van der Waals surface area contributed by atoms with Gasteiger partial charge in [-0.15, -0.1) is 0 Å². The van der Waals surface area contributed by atoms with E-state index in [0.717, 1.165) is 18.4 Å². The van der Waals surface area contributed by atoms with E-state index in [1.165, 1.54) is 0 Å². The number of halogens is 3. The summed E-state index contributed by atoms with van der Waals surface area (Å²) in [7, 11) is 0. The summed E-state index contributed by atoms with van der Waals surface area (Å²) in [5.74, 6) is 1.13. The maximum absolute atomic E-state index is 13.1. The lowest BCUT2D eigenvalue weighted by atomic mass is 9.73. The van der Waals surface area contributed by atoms with Crippen LogP contribution in [0.3, 0.4) is 0 Å². The number of hydrogen-bond acceptors (Lipinski definition) is 6. The molecule has 0 atom stereocenters. The van der Waals surface area contributed by atoms with Crippen LogP contribution in [0, 0.1) is 0 Å². The first kappa shape index (κ1) is 27.7. The van der Waals surface area contributed by atoms with Crippen LogP contribution in [0.4, 0.5) is 5.69 Å². The molecule has 0 unspecified atom stereocenters. The van der Waals surface area contributed by atoms with Gasteiger partial charge in [0, 0.05) is 48.4 Å². The molecule has 5 rings (SSSR count). The van der Waals surface area contributed by atoms with Crippen LogP contribution in [0.25, 0.3) is 0 Å². The Morgan fingerprint density at radius 1 is 0.974 bits per heavy atom. The van der Waals surface area contributed by atoms with Crippen LogP contribution < -0.4 is 14.8 Å². The van der Waals surface area contributed by atoms with Gasteiger partial charge in [0.15, 0.2) is 29.7 Å². The number of carbonyl (C=O) groups excluding carboxylic acids is 3. The van der Waals surface area contributed by atoms with Crippen molar-refractivity contribution in [3.63, 3.8) is 0 Å². The van der Waals surface area contributed by atoms with Gasteiger partial charge in [0.25, 0.3) is 5.91 Å². The molecule has 0 fully saturated rings. The Morgan fingerprint density at radius 2 is 1.64 bits per heavy atom. The predicted octanol–water partition coefficient (Wildman–Crippen LogP) is 7.30. The number of carbonyl (C=O) groups is 3. The maximum Gasteiger partial charge on any atom is 0.262 e. The number of ether oxygens (including phenoxy) is 3. The minimum absolute atomic E-state index is 0.000411. The summed E-state index contributed by atoms with van der Waals surface area (Å²) in [5, 5.41) is 3.43. The van der Waals surface area contributed by atoms with Gasteiger partial charge in [-0.25, -0.2) is 0 Å². The molecule has 1 amide bonds. The third-order valence-electron chi connectivity index (χ3n) is 6.86. The summed E-state index contributed by atoms with van der Waals surface area (Å²) in [4.78, 5) is 38.8. The smallest absolute Gasteiger partial charge is 0.262 e. The van der Waals surface area contributed by atoms with E-state index in [4.69, 9.17) is 37.4 Å². The first-order valence-electron chi connectivity index (χ1n) is 12.8. The van der Waals surface area contributed by atoms with Gasteiger partial charge in [0.2, 0.25) is 0 Å². The molecule has 3 aliphatic rings. The van der Waals surface area contributed by atoms with Crippen LogP contribution in [-0.4, -0.2) is 30.7 Å². The molecule has 204 valence electrons. The molecule has 0 saturated carbocycles. The minimum Gasteiger partial charge on any atom is -0.490 e. The zero-order valence-electron chi connectivity index (χ0n) is 21.2. The zero-order chi connectivity index (χ0) is 27.7. The highest BCUT2D eigenvalue weighted by Gasteiger charge is 2.42. The largest absolute Gasteiger partial charge is 0.490 e. The lowest BCUT2D eigenvalue weighted by molar-refractivity contribution is -0.119. The van der Waals surface area contributed by atoms with Crippen molar-refractivity contribution in [3.05, 3.63) is 73.1 Å². The van der Waals surface area contributed by atoms with Crippen molar-refractivity contribution in [1.29, 1.82) is 0 Å². The molecule has 2 aromatic rings. The van der Waals surface area contributed by atoms with Crippen LogP contribution in [0.15, 0.2) is 57.5 Å². The number of anilines is 1. The summed E-state index contributed by atoms with van der Waals surface area (Å²) in [6.45, 7) is 1.89. The average molecular weight is 635 g/mol. The number of allylic oxidation sites excluding steroid dienone is 4. The van der Waals surface area contributed by atoms with E-state index < -0.39 is 11.8 Å². The molecule has 0 radical (unpaired) electrons. The highest BCUT2D eigenvalue weighted by atomic mass is 79.9. The van der Waals surface area contributed by atoms with Gasteiger partial charge in [-0.05, 0) is 71.6 Å². The Morgan fingerprint density at radius 3 is 2.26 bits per heavy atom. The number of hydrogen-bond donors (Lipinski definition) is 1. The number of ketones is 2. The molecule has 0 bridgehead atoms. The summed E-state index contributed by atoms with van der Waals surface area (Å²) in [5.41, 5.74) is 2.32. The van der Waals surface area contributed by atoms with Crippen molar-refractivity contribution < 1.29 is 28.6 Å². The third-order valence-corrected chi connectivity index (χ3v) is 8.18. The topological polar surface area (TPSA) is 90.9 Å². The number of rotatable bonds is 7. The number of Topliss-reactive ketones (excluding diaryl/α,β-unsaturated/α-hetero) is 2. The summed E-state index contributed by atoms with van der Waals surface area (Å²) >= 11 is 15.6. The first-order chi connectivity index (χ1) is 18.8. The standard InChI is InChI=1S/C29H26BrCl2NO6/c1-2-37-24-12-15(11-17(30)29(24)38-14-25(36)33-16-9-10-18(31)19(32)13-16)26-27-20(34)5-3-7-22(27)39-23-8-4-6-21(35)28(23)26/h9-13,26H,2-8,14H2,1H3,(H,33,36). The van der Waals surface area contributed by atoms with Crippen LogP contribution in [0.5, 0.6) is 11.5 Å². The third kappa shape index (κ3) is 5.74. The molecule has 7 nitrogen and oxygen atoms in total. The fourth-order valence-corrected chi connectivity index (χ4v) is 6.09. The fraction of sp³-hybridized carbons (Fsp3) is 0.345. The van der Waals surface area contributed by atoms with Gasteiger partial charge in [0.1, 0.15) is 11.5 Å². The Kier molecular flexibility index (Phi) is 8.35. The normalized spacial score (nSPS) is 17.4. The summed E-state index contributed by atoms with van der Waals surface area (Å²) in [6.07, 6.45) is 3.63. The maximum atomic E-state index is 13.1. The van der Waals surface area contributed by atoms with E-state index in [-0.39, 0.29) is 18.2 Å². The van der Waals surface area contributed by atoms with Crippen molar-refractivity contribution in [2.45, 2.75) is 51.4 Å². The van der Waals surface area contributed by atoms with E-state index in [9.17, 15) is 14.4 Å². The molecule has 0 spiro atoms. The van der Waals surface area contributed by atoms with Crippen molar-refractivity contribution in [2.75, 3.05) is 18.5 Å². The molecule has 2 aliphatic carbocycles. The Bertz CT molecular complexity index is 1390. The molecular formula is C29H26BrCl2NO6. The molecular weight excluding hydrogens is 609 g/mol. The van der Waals surface area contributed by atoms with Crippen molar-refractivity contribution >= 4 is 62.3 Å². The Labute approximate surface area is 244 Å². The number of benzene rings is 2. The Balaban J connectivity index is 1.46. The number of amides is 1. The van der Waals surface area contributed by atoms with Crippen LogP contribution in [0.2, 0.25) is 10.0 Å². The second-order valence-electron chi connectivity index (χ2n) is 9.49. The zero-order valence-corrected chi connectivity index (χ0v) is 24.3. The van der Waals surface area contributed by atoms with Crippen molar-refractivity contribution in [2.24, 2.45) is 0 Å². The summed E-state index contributed by atoms with van der Waals surface area (Å²) in [6, 6.07) is 8.40. The first-order valence-corrected chi connectivity index (χ1v) is 14.4. The lowest BCUT2D eigenvalue weighted by Crippen LogP contribution is -2.30. The molecule has 1 N–H and O–H groups in total. The van der Waals surface area contributed by atoms with Crippen LogP contribution in [0.1, 0.15) is 56.9 Å². The lowest BCUT2D eigenvalue weighted by Gasteiger charge is -2.36. The fourth-order valence-electron chi connectivity index (χ4n) is 5.22. The van der Waals surface area contributed by atoms with E-state index in [1.54, 1.807) is 24.3 Å². The van der Waals surface area contributed by atoms with Gasteiger partial charge < -0.3 is 19.5 Å². The van der Waals surface area contributed by atoms with Gasteiger partial charge in [-0.3, -0.25) is 14.4 Å². The van der Waals surface area contributed by atoms with E-state index in [0.29, 0.717) is 86.7 Å². The molecule has 39 heavy (non-hydrogen) atoms. The van der Waals surface area contributed by atoms with E-state index >= 15 is 0 Å². The van der Waals surface area contributed by atoms with Crippen LogP contribution >= 0.6 is 39.1 Å². The predicted molar refractivity (Wildman–Crippen MR) is 151 cm³/mol. The minimum atomic E-state index is -0.535. The van der Waals surface area contributed by atoms with Gasteiger partial charge in [-0.2, -0.15) is 0 Å². The van der Waals surface area contributed by atoms with Gasteiger partial charge >= 0.3 is 0 Å². The molecule has 2 aromatic carbocycles. The molecule has 0 aromatic heterocycles. The highest BCUT2D eigenvalue weighted by Crippen LogP contribution is 2.50. The quantitative estimate of drug-likeness (QED) is 0.344. The highest BCUT2D eigenvalue weighted by molar-refractivity contribution is 9.10. The molecule has 1 heterocycles. The second kappa shape index (κ2) is 11.7. The van der Waals surface area contributed by atoms with E-state index in [2.05, 4.69) is 21.2 Å². The van der Waals surface area contributed by atoms with Crippen LogP contribution in [-0.2, 0) is 19.1 Å². The Hall–Kier alpha value is -2.81. The van der Waals surface area contributed by atoms with Crippen molar-refractivity contribution in [3.8, 4) is 11.5 Å².